The number of amides is 4. The highest BCUT2D eigenvalue weighted by atomic mass is 35.5. The summed E-state index contributed by atoms with van der Waals surface area (Å²) in [6.45, 7) is -0.603. The lowest BCUT2D eigenvalue weighted by Crippen LogP contribution is -2.37. The van der Waals surface area contributed by atoms with Gasteiger partial charge in [0.25, 0.3) is 11.8 Å². The van der Waals surface area contributed by atoms with Crippen molar-refractivity contribution in [3.8, 4) is 0 Å². The summed E-state index contributed by atoms with van der Waals surface area (Å²) in [4.78, 5) is 38.0. The number of carbonyl (C=O) groups excluding carboxylic acids is 3. The van der Waals surface area contributed by atoms with Crippen LogP contribution in [0.4, 0.5) is 19.3 Å². The van der Waals surface area contributed by atoms with Crippen LogP contribution in [-0.4, -0.2) is 29.3 Å². The molecule has 0 bridgehead atoms. The Labute approximate surface area is 140 Å². The van der Waals surface area contributed by atoms with Crippen LogP contribution >= 0.6 is 11.6 Å². The van der Waals surface area contributed by atoms with Gasteiger partial charge in [-0.05, 0) is 36.4 Å². The zero-order chi connectivity index (χ0) is 17.4. The second kappa shape index (κ2) is 6.01. The minimum Gasteiger partial charge on any atom is -0.272 e. The minimum absolute atomic E-state index is 0.207. The number of benzene rings is 2. The highest BCUT2D eigenvalue weighted by Gasteiger charge is 2.42. The van der Waals surface area contributed by atoms with Gasteiger partial charge in [-0.1, -0.05) is 17.7 Å². The number of hydrogen-bond donors (Lipinski definition) is 0. The predicted molar refractivity (Wildman–Crippen MR) is 81.7 cm³/mol. The molecular weight excluding hydrogens is 342 g/mol. The van der Waals surface area contributed by atoms with Crippen molar-refractivity contribution in [2.45, 2.75) is 0 Å². The smallest absolute Gasteiger partial charge is 0.272 e. The third-order valence-electron chi connectivity index (χ3n) is 3.47. The van der Waals surface area contributed by atoms with E-state index in [4.69, 9.17) is 11.6 Å². The van der Waals surface area contributed by atoms with Gasteiger partial charge in [0.05, 0.1) is 5.69 Å². The molecule has 24 heavy (non-hydrogen) atoms. The first-order valence-corrected chi connectivity index (χ1v) is 7.16. The molecule has 4 amide bonds. The Kier molecular flexibility index (Phi) is 4.02. The SMILES string of the molecule is O=C(c1c(F)cccc1F)N1CC(=O)N(c2ccc(Cl)cc2)C1=O. The average Bonchev–Trinajstić information content (AvgIpc) is 2.83. The van der Waals surface area contributed by atoms with E-state index in [2.05, 4.69) is 0 Å². The van der Waals surface area contributed by atoms with E-state index < -0.39 is 41.6 Å². The number of rotatable bonds is 2. The Morgan fingerprint density at radius 3 is 2.17 bits per heavy atom. The fraction of sp³-hybridized carbons (Fsp3) is 0.0625. The normalized spacial score (nSPS) is 14.5. The molecule has 2 aromatic carbocycles. The van der Waals surface area contributed by atoms with Gasteiger partial charge in [0, 0.05) is 5.02 Å². The highest BCUT2D eigenvalue weighted by Crippen LogP contribution is 2.25. The molecule has 1 heterocycles. The van der Waals surface area contributed by atoms with Gasteiger partial charge in [0.1, 0.15) is 23.7 Å². The largest absolute Gasteiger partial charge is 0.338 e. The zero-order valence-electron chi connectivity index (χ0n) is 12.0. The van der Waals surface area contributed by atoms with Gasteiger partial charge in [-0.15, -0.1) is 0 Å². The first kappa shape index (κ1) is 16.1. The Hall–Kier alpha value is -2.80. The lowest BCUT2D eigenvalue weighted by molar-refractivity contribution is -0.116. The molecule has 5 nitrogen and oxygen atoms in total. The van der Waals surface area contributed by atoms with Gasteiger partial charge in [0.2, 0.25) is 0 Å². The van der Waals surface area contributed by atoms with Crippen LogP contribution in [0.1, 0.15) is 10.4 Å². The van der Waals surface area contributed by atoms with Gasteiger partial charge < -0.3 is 0 Å². The van der Waals surface area contributed by atoms with Crippen LogP contribution in [0.25, 0.3) is 0 Å². The number of carbonyl (C=O) groups is 3. The molecule has 3 rings (SSSR count). The van der Waals surface area contributed by atoms with Crippen molar-refractivity contribution in [2.75, 3.05) is 11.4 Å². The van der Waals surface area contributed by atoms with Gasteiger partial charge >= 0.3 is 6.03 Å². The van der Waals surface area contributed by atoms with E-state index in [-0.39, 0.29) is 5.69 Å². The molecule has 1 aliphatic heterocycles. The van der Waals surface area contributed by atoms with Crippen LogP contribution in [0.2, 0.25) is 5.02 Å². The van der Waals surface area contributed by atoms with Crippen molar-refractivity contribution in [3.05, 3.63) is 64.7 Å². The van der Waals surface area contributed by atoms with Gasteiger partial charge in [-0.3, -0.25) is 9.59 Å². The van der Waals surface area contributed by atoms with Crippen molar-refractivity contribution in [3.63, 3.8) is 0 Å². The standard InChI is InChI=1S/C16H9ClF2N2O3/c17-9-4-6-10(7-5-9)21-13(22)8-20(16(21)24)15(23)14-11(18)2-1-3-12(14)19/h1-7H,8H2. The van der Waals surface area contributed by atoms with E-state index in [1.807, 2.05) is 0 Å². The maximum atomic E-state index is 13.7. The number of hydrogen-bond acceptors (Lipinski definition) is 3. The zero-order valence-corrected chi connectivity index (χ0v) is 12.8. The lowest BCUT2D eigenvalue weighted by Gasteiger charge is -2.16. The van der Waals surface area contributed by atoms with Crippen molar-refractivity contribution < 1.29 is 23.2 Å². The summed E-state index contributed by atoms with van der Waals surface area (Å²) in [6, 6.07) is 7.71. The molecule has 1 saturated heterocycles. The molecule has 0 aromatic heterocycles. The lowest BCUT2D eigenvalue weighted by atomic mass is 10.1. The molecule has 1 aliphatic rings. The van der Waals surface area contributed by atoms with E-state index in [0.717, 1.165) is 23.1 Å². The molecule has 0 saturated carbocycles. The second-order valence-corrected chi connectivity index (χ2v) is 5.41. The molecule has 1 fully saturated rings. The Morgan fingerprint density at radius 2 is 1.58 bits per heavy atom. The summed E-state index contributed by atoms with van der Waals surface area (Å²) in [6.07, 6.45) is 0. The summed E-state index contributed by atoms with van der Waals surface area (Å²) in [5.41, 5.74) is -0.671. The number of urea groups is 1. The summed E-state index contributed by atoms with van der Waals surface area (Å²) in [7, 11) is 0. The van der Waals surface area contributed by atoms with Crippen molar-refractivity contribution in [1.82, 2.24) is 4.90 Å². The molecule has 0 radical (unpaired) electrons. The third kappa shape index (κ3) is 2.63. The number of halogens is 3. The van der Waals surface area contributed by atoms with Crippen molar-refractivity contribution >= 4 is 35.1 Å². The summed E-state index contributed by atoms with van der Waals surface area (Å²) < 4.78 is 27.5. The third-order valence-corrected chi connectivity index (χ3v) is 3.72. The summed E-state index contributed by atoms with van der Waals surface area (Å²) >= 11 is 5.75. The summed E-state index contributed by atoms with van der Waals surface area (Å²) in [5.74, 6) is -4.11. The van der Waals surface area contributed by atoms with E-state index in [1.165, 1.54) is 24.3 Å². The molecule has 0 N–H and O–H groups in total. The molecular formula is C16H9ClF2N2O3. The van der Waals surface area contributed by atoms with Crippen LogP contribution in [0.5, 0.6) is 0 Å². The molecule has 8 heteroatoms. The van der Waals surface area contributed by atoms with Crippen molar-refractivity contribution in [1.29, 1.82) is 0 Å². The molecule has 0 unspecified atom stereocenters. The molecule has 0 atom stereocenters. The predicted octanol–water partition coefficient (Wildman–Crippen LogP) is 3.23. The van der Waals surface area contributed by atoms with Gasteiger partial charge in [-0.25, -0.2) is 23.4 Å². The van der Waals surface area contributed by atoms with Crippen LogP contribution in [0.15, 0.2) is 42.5 Å². The Bertz CT molecular complexity index is 835. The molecule has 0 aliphatic carbocycles. The first-order valence-electron chi connectivity index (χ1n) is 6.78. The topological polar surface area (TPSA) is 57.7 Å². The number of anilines is 1. The molecule has 2 aromatic rings. The van der Waals surface area contributed by atoms with E-state index in [9.17, 15) is 23.2 Å². The van der Waals surface area contributed by atoms with E-state index >= 15 is 0 Å². The van der Waals surface area contributed by atoms with Crippen LogP contribution < -0.4 is 4.90 Å². The maximum Gasteiger partial charge on any atom is 0.338 e. The van der Waals surface area contributed by atoms with Crippen LogP contribution in [0.3, 0.4) is 0 Å². The van der Waals surface area contributed by atoms with Gasteiger partial charge in [-0.2, -0.15) is 0 Å². The average molecular weight is 351 g/mol. The fourth-order valence-electron chi connectivity index (χ4n) is 2.34. The highest BCUT2D eigenvalue weighted by molar-refractivity contribution is 6.31. The van der Waals surface area contributed by atoms with Crippen LogP contribution in [0, 0.1) is 11.6 Å². The van der Waals surface area contributed by atoms with E-state index in [1.54, 1.807) is 0 Å². The molecule has 0 spiro atoms. The van der Waals surface area contributed by atoms with Crippen molar-refractivity contribution in [2.24, 2.45) is 0 Å². The molecule has 122 valence electrons. The Balaban J connectivity index is 1.94. The monoisotopic (exact) mass is 350 g/mol. The second-order valence-electron chi connectivity index (χ2n) is 4.98. The maximum absolute atomic E-state index is 13.7. The quantitative estimate of drug-likeness (QED) is 0.781. The van der Waals surface area contributed by atoms with Gasteiger partial charge in [0.15, 0.2) is 0 Å². The summed E-state index contributed by atoms with van der Waals surface area (Å²) in [5, 5.41) is 0.402. The van der Waals surface area contributed by atoms with Crippen LogP contribution in [-0.2, 0) is 4.79 Å². The fourth-order valence-corrected chi connectivity index (χ4v) is 2.47. The Morgan fingerprint density at radius 1 is 1.00 bits per heavy atom. The number of nitrogens with zero attached hydrogens (tertiary/aromatic N) is 2. The van der Waals surface area contributed by atoms with E-state index in [0.29, 0.717) is 9.92 Å². The first-order chi connectivity index (χ1) is 11.4. The minimum atomic E-state index is -1.21. The number of imide groups is 2.